The van der Waals surface area contributed by atoms with Crippen LogP contribution in [0, 0.1) is 12.8 Å². The molecule has 1 aliphatic heterocycles. The molecule has 0 saturated carbocycles. The van der Waals surface area contributed by atoms with Gasteiger partial charge in [0.25, 0.3) is 0 Å². The van der Waals surface area contributed by atoms with Gasteiger partial charge in [0.2, 0.25) is 5.91 Å². The Morgan fingerprint density at radius 2 is 2.22 bits per heavy atom. The van der Waals surface area contributed by atoms with Gasteiger partial charge in [-0.05, 0) is 36.1 Å². The Bertz CT molecular complexity index is 484. The standard InChI is InChI=1S/C13H18N2O2S/c1-9-4-11(13(14)16)2-3-12(9)8-18(17)7-10-5-15-6-10/h2-4,10,15H,5-8H2,1H3,(H2,14,16). The Morgan fingerprint density at radius 1 is 1.50 bits per heavy atom. The summed E-state index contributed by atoms with van der Waals surface area (Å²) in [5.41, 5.74) is 7.74. The summed E-state index contributed by atoms with van der Waals surface area (Å²) in [4.78, 5) is 11.0. The van der Waals surface area contributed by atoms with E-state index >= 15 is 0 Å². The van der Waals surface area contributed by atoms with E-state index in [0.717, 1.165) is 30.0 Å². The molecule has 1 amide bonds. The minimum Gasteiger partial charge on any atom is -0.366 e. The first-order valence-corrected chi connectivity index (χ1v) is 7.50. The molecule has 1 aliphatic rings. The van der Waals surface area contributed by atoms with Crippen LogP contribution in [0.5, 0.6) is 0 Å². The molecule has 1 aromatic carbocycles. The first kappa shape index (κ1) is 13.2. The second-order valence-electron chi connectivity index (χ2n) is 4.78. The molecule has 5 heteroatoms. The molecular weight excluding hydrogens is 248 g/mol. The van der Waals surface area contributed by atoms with Crippen LogP contribution in [0.15, 0.2) is 18.2 Å². The lowest BCUT2D eigenvalue weighted by Gasteiger charge is -2.26. The number of amides is 1. The zero-order valence-corrected chi connectivity index (χ0v) is 11.3. The van der Waals surface area contributed by atoms with Crippen molar-refractivity contribution in [1.82, 2.24) is 5.32 Å². The van der Waals surface area contributed by atoms with Crippen LogP contribution in [-0.4, -0.2) is 29.0 Å². The van der Waals surface area contributed by atoms with Gasteiger partial charge in [-0.2, -0.15) is 0 Å². The van der Waals surface area contributed by atoms with Gasteiger partial charge < -0.3 is 11.1 Å². The smallest absolute Gasteiger partial charge is 0.248 e. The summed E-state index contributed by atoms with van der Waals surface area (Å²) in [6.07, 6.45) is 0. The molecule has 2 rings (SSSR count). The molecule has 1 atom stereocenters. The first-order chi connectivity index (χ1) is 8.56. The third kappa shape index (κ3) is 3.17. The van der Waals surface area contributed by atoms with Gasteiger partial charge in [0, 0.05) is 41.0 Å². The van der Waals surface area contributed by atoms with Crippen LogP contribution in [0.4, 0.5) is 0 Å². The number of carbonyl (C=O) groups is 1. The molecule has 0 bridgehead atoms. The average Bonchev–Trinajstić information content (AvgIpc) is 2.26. The van der Waals surface area contributed by atoms with E-state index in [1.165, 1.54) is 0 Å². The number of primary amides is 1. The van der Waals surface area contributed by atoms with E-state index in [-0.39, 0.29) is 0 Å². The SMILES string of the molecule is Cc1cc(C(N)=O)ccc1CS(=O)CC1CNC1. The van der Waals surface area contributed by atoms with E-state index in [1.807, 2.05) is 13.0 Å². The molecule has 18 heavy (non-hydrogen) atoms. The molecule has 0 aliphatic carbocycles. The molecule has 4 nitrogen and oxygen atoms in total. The van der Waals surface area contributed by atoms with Gasteiger partial charge in [0.05, 0.1) is 0 Å². The predicted octanol–water partition coefficient (Wildman–Crippen LogP) is 0.562. The fraction of sp³-hybridized carbons (Fsp3) is 0.462. The van der Waals surface area contributed by atoms with Gasteiger partial charge in [-0.15, -0.1) is 0 Å². The Hall–Kier alpha value is -1.20. The molecule has 0 aromatic heterocycles. The number of nitrogens with one attached hydrogen (secondary N) is 1. The van der Waals surface area contributed by atoms with Crippen molar-refractivity contribution in [3.63, 3.8) is 0 Å². The molecule has 1 heterocycles. The maximum atomic E-state index is 12.0. The molecule has 0 radical (unpaired) electrons. The highest BCUT2D eigenvalue weighted by Crippen LogP contribution is 2.15. The van der Waals surface area contributed by atoms with E-state index < -0.39 is 16.7 Å². The van der Waals surface area contributed by atoms with Crippen molar-refractivity contribution in [2.24, 2.45) is 11.7 Å². The van der Waals surface area contributed by atoms with Crippen LogP contribution in [0.3, 0.4) is 0 Å². The predicted molar refractivity (Wildman–Crippen MR) is 72.8 cm³/mol. The van der Waals surface area contributed by atoms with Crippen molar-refractivity contribution in [3.8, 4) is 0 Å². The number of benzene rings is 1. The highest BCUT2D eigenvalue weighted by molar-refractivity contribution is 7.84. The number of carbonyl (C=O) groups excluding carboxylic acids is 1. The summed E-state index contributed by atoms with van der Waals surface area (Å²) in [5.74, 6) is 1.44. The van der Waals surface area contributed by atoms with Crippen LogP contribution in [0.1, 0.15) is 21.5 Å². The van der Waals surface area contributed by atoms with Crippen LogP contribution in [-0.2, 0) is 16.6 Å². The molecular formula is C13H18N2O2S. The van der Waals surface area contributed by atoms with Crippen molar-refractivity contribution < 1.29 is 9.00 Å². The minimum atomic E-state index is -0.833. The Labute approximate surface area is 109 Å². The van der Waals surface area contributed by atoms with Gasteiger partial charge >= 0.3 is 0 Å². The summed E-state index contributed by atoms with van der Waals surface area (Å²) >= 11 is 0. The minimum absolute atomic E-state index is 0.425. The lowest BCUT2D eigenvalue weighted by atomic mass is 10.1. The topological polar surface area (TPSA) is 72.2 Å². The van der Waals surface area contributed by atoms with Crippen LogP contribution in [0.25, 0.3) is 0 Å². The third-order valence-corrected chi connectivity index (χ3v) is 4.71. The van der Waals surface area contributed by atoms with E-state index in [1.54, 1.807) is 12.1 Å². The maximum Gasteiger partial charge on any atom is 0.248 e. The van der Waals surface area contributed by atoms with Gasteiger partial charge in [0.1, 0.15) is 0 Å². The Balaban J connectivity index is 2.00. The normalized spacial score (nSPS) is 17.2. The largest absolute Gasteiger partial charge is 0.366 e. The van der Waals surface area contributed by atoms with Crippen molar-refractivity contribution in [1.29, 1.82) is 0 Å². The highest BCUT2D eigenvalue weighted by Gasteiger charge is 2.19. The van der Waals surface area contributed by atoms with E-state index in [2.05, 4.69) is 5.32 Å². The molecule has 1 fully saturated rings. The zero-order valence-electron chi connectivity index (χ0n) is 10.4. The highest BCUT2D eigenvalue weighted by atomic mass is 32.2. The zero-order chi connectivity index (χ0) is 13.1. The summed E-state index contributed by atoms with van der Waals surface area (Å²) in [6, 6.07) is 5.32. The molecule has 98 valence electrons. The van der Waals surface area contributed by atoms with Crippen molar-refractivity contribution in [2.75, 3.05) is 18.8 Å². The van der Waals surface area contributed by atoms with E-state index in [4.69, 9.17) is 5.73 Å². The molecule has 1 aromatic rings. The second-order valence-corrected chi connectivity index (χ2v) is 6.28. The van der Waals surface area contributed by atoms with Crippen LogP contribution < -0.4 is 11.1 Å². The summed E-state index contributed by atoms with van der Waals surface area (Å²) in [6.45, 7) is 3.88. The second kappa shape index (κ2) is 5.63. The lowest BCUT2D eigenvalue weighted by Crippen LogP contribution is -2.44. The van der Waals surface area contributed by atoms with Gasteiger partial charge in [-0.1, -0.05) is 6.07 Å². The molecule has 1 unspecified atom stereocenters. The molecule has 0 spiro atoms. The van der Waals surface area contributed by atoms with E-state index in [9.17, 15) is 9.00 Å². The van der Waals surface area contributed by atoms with Gasteiger partial charge in [-0.25, -0.2) is 0 Å². The van der Waals surface area contributed by atoms with Crippen LogP contribution in [0.2, 0.25) is 0 Å². The fourth-order valence-electron chi connectivity index (χ4n) is 1.97. The van der Waals surface area contributed by atoms with Gasteiger partial charge in [-0.3, -0.25) is 9.00 Å². The first-order valence-electron chi connectivity index (χ1n) is 6.01. The quantitative estimate of drug-likeness (QED) is 0.818. The van der Waals surface area contributed by atoms with Crippen molar-refractivity contribution in [3.05, 3.63) is 34.9 Å². The number of nitrogens with two attached hydrogens (primary N) is 1. The number of aryl methyl sites for hydroxylation is 1. The average molecular weight is 266 g/mol. The third-order valence-electron chi connectivity index (χ3n) is 3.23. The lowest BCUT2D eigenvalue weighted by molar-refractivity contribution is 0.1000. The Morgan fingerprint density at radius 3 is 2.72 bits per heavy atom. The number of rotatable bonds is 5. The summed E-state index contributed by atoms with van der Waals surface area (Å²) in [7, 11) is -0.833. The molecule has 1 saturated heterocycles. The summed E-state index contributed by atoms with van der Waals surface area (Å²) in [5, 5.41) is 3.18. The summed E-state index contributed by atoms with van der Waals surface area (Å²) < 4.78 is 12.0. The number of hydrogen-bond donors (Lipinski definition) is 2. The van der Waals surface area contributed by atoms with Crippen molar-refractivity contribution >= 4 is 16.7 Å². The van der Waals surface area contributed by atoms with Crippen molar-refractivity contribution in [2.45, 2.75) is 12.7 Å². The maximum absolute atomic E-state index is 12.0. The Kier molecular flexibility index (Phi) is 4.14. The number of hydrogen-bond acceptors (Lipinski definition) is 3. The molecule has 3 N–H and O–H groups in total. The monoisotopic (exact) mass is 266 g/mol. The van der Waals surface area contributed by atoms with Crippen LogP contribution >= 0.6 is 0 Å². The van der Waals surface area contributed by atoms with E-state index in [0.29, 0.717) is 17.2 Å². The van der Waals surface area contributed by atoms with Gasteiger partial charge in [0.15, 0.2) is 0 Å². The fourth-order valence-corrected chi connectivity index (χ4v) is 3.52.